The summed E-state index contributed by atoms with van der Waals surface area (Å²) in [4.78, 5) is 26.9. The normalized spacial score (nSPS) is 21.7. The van der Waals surface area contributed by atoms with Gasteiger partial charge in [0.15, 0.2) is 0 Å². The Balaban J connectivity index is 1.98. The number of nitrogens with zero attached hydrogens (tertiary/aromatic N) is 2. The molecule has 130 valence electrons. The predicted octanol–water partition coefficient (Wildman–Crippen LogP) is 2.04. The van der Waals surface area contributed by atoms with Gasteiger partial charge < -0.3 is 14.9 Å². The van der Waals surface area contributed by atoms with E-state index in [9.17, 15) is 27.9 Å². The molecule has 0 aliphatic carbocycles. The molecule has 2 aliphatic heterocycles. The van der Waals surface area contributed by atoms with Crippen molar-refractivity contribution in [3.8, 4) is 0 Å². The fourth-order valence-corrected chi connectivity index (χ4v) is 3.08. The average molecular weight is 342 g/mol. The van der Waals surface area contributed by atoms with Crippen LogP contribution in [0.3, 0.4) is 0 Å². The smallest absolute Gasteiger partial charge is 0.391 e. The Morgan fingerprint density at radius 1 is 1.21 bits per heavy atom. The Morgan fingerprint density at radius 3 is 2.50 bits per heavy atom. The molecule has 2 heterocycles. The molecule has 2 saturated heterocycles. The maximum atomic E-state index is 13.2. The minimum atomic E-state index is -4.61. The molecule has 1 aromatic rings. The van der Waals surface area contributed by atoms with E-state index in [1.165, 1.54) is 15.9 Å². The van der Waals surface area contributed by atoms with Crippen molar-refractivity contribution in [3.05, 3.63) is 29.3 Å². The van der Waals surface area contributed by atoms with E-state index in [0.717, 1.165) is 12.1 Å². The number of halogens is 3. The molecule has 2 aliphatic rings. The van der Waals surface area contributed by atoms with Crippen molar-refractivity contribution in [2.24, 2.45) is 0 Å². The zero-order valence-corrected chi connectivity index (χ0v) is 12.8. The van der Waals surface area contributed by atoms with Gasteiger partial charge in [0.1, 0.15) is 0 Å². The van der Waals surface area contributed by atoms with Crippen molar-refractivity contribution in [3.63, 3.8) is 0 Å². The number of likely N-dealkylation sites (tertiary alicyclic amines) is 1. The maximum absolute atomic E-state index is 13.2. The molecule has 0 unspecified atom stereocenters. The molecule has 8 heteroatoms. The van der Waals surface area contributed by atoms with Crippen LogP contribution in [0.1, 0.15) is 35.2 Å². The molecule has 2 fully saturated rings. The molecule has 2 amide bonds. The summed E-state index contributed by atoms with van der Waals surface area (Å²) < 4.78 is 39.5. The minimum absolute atomic E-state index is 0.0930. The van der Waals surface area contributed by atoms with Gasteiger partial charge in [0.25, 0.3) is 5.91 Å². The third-order valence-electron chi connectivity index (χ3n) is 4.33. The summed E-state index contributed by atoms with van der Waals surface area (Å²) in [7, 11) is 0. The molecule has 0 spiro atoms. The lowest BCUT2D eigenvalue weighted by molar-refractivity contribution is -0.137. The van der Waals surface area contributed by atoms with Crippen molar-refractivity contribution in [2.75, 3.05) is 24.5 Å². The summed E-state index contributed by atoms with van der Waals surface area (Å²) in [5.41, 5.74) is -0.980. The standard InChI is InChI=1S/C16H17F3N2O3/c17-16(18,19)11-6-10(15(24)20-5-3-13(22)9-20)7-12(8-11)21-4-1-2-14(21)23/h6-8,13,22H,1-5,9H2/t13-/m1/s1. The molecule has 5 nitrogen and oxygen atoms in total. The van der Waals surface area contributed by atoms with Crippen molar-refractivity contribution < 1.29 is 27.9 Å². The number of benzene rings is 1. The topological polar surface area (TPSA) is 60.9 Å². The fourth-order valence-electron chi connectivity index (χ4n) is 3.08. The first-order valence-electron chi connectivity index (χ1n) is 7.75. The molecule has 0 saturated carbocycles. The highest BCUT2D eigenvalue weighted by molar-refractivity contribution is 5.99. The van der Waals surface area contributed by atoms with Gasteiger partial charge in [-0.3, -0.25) is 9.59 Å². The second kappa shape index (κ2) is 6.08. The number of β-amino-alcohol motifs (C(OH)–C–C–N with tert-alkyl or cyclic N) is 1. The monoisotopic (exact) mass is 342 g/mol. The summed E-state index contributed by atoms with van der Waals surface area (Å²) in [6, 6.07) is 3.03. The summed E-state index contributed by atoms with van der Waals surface area (Å²) in [5.74, 6) is -0.810. The van der Waals surface area contributed by atoms with Gasteiger partial charge in [-0.1, -0.05) is 0 Å². The van der Waals surface area contributed by atoms with Crippen LogP contribution < -0.4 is 4.90 Å². The molecule has 3 rings (SSSR count). The first-order chi connectivity index (χ1) is 11.3. The first-order valence-corrected chi connectivity index (χ1v) is 7.75. The Labute approximate surface area is 136 Å². The van der Waals surface area contributed by atoms with Gasteiger partial charge in [0, 0.05) is 37.3 Å². The van der Waals surface area contributed by atoms with Crippen molar-refractivity contribution in [1.29, 1.82) is 0 Å². The number of rotatable bonds is 2. The van der Waals surface area contributed by atoms with Gasteiger partial charge >= 0.3 is 6.18 Å². The summed E-state index contributed by atoms with van der Waals surface area (Å²) in [5, 5.41) is 9.51. The van der Waals surface area contributed by atoms with Gasteiger partial charge in [-0.15, -0.1) is 0 Å². The highest BCUT2D eigenvalue weighted by atomic mass is 19.4. The summed E-state index contributed by atoms with van der Waals surface area (Å²) >= 11 is 0. The van der Waals surface area contributed by atoms with Crippen LogP contribution in [-0.4, -0.2) is 47.6 Å². The summed E-state index contributed by atoms with van der Waals surface area (Å²) in [6.07, 6.45) is -3.99. The number of carbonyl (C=O) groups is 2. The minimum Gasteiger partial charge on any atom is -0.391 e. The van der Waals surface area contributed by atoms with Crippen molar-refractivity contribution in [1.82, 2.24) is 4.90 Å². The predicted molar refractivity (Wildman–Crippen MR) is 79.6 cm³/mol. The van der Waals surface area contributed by atoms with Crippen molar-refractivity contribution >= 4 is 17.5 Å². The SMILES string of the molecule is O=C(c1cc(N2CCCC2=O)cc(C(F)(F)F)c1)N1CC[C@@H](O)C1. The van der Waals surface area contributed by atoms with Gasteiger partial charge in [-0.2, -0.15) is 13.2 Å². The van der Waals surface area contributed by atoms with Gasteiger partial charge in [-0.25, -0.2) is 0 Å². The fraction of sp³-hybridized carbons (Fsp3) is 0.500. The molecule has 0 bridgehead atoms. The first kappa shape index (κ1) is 16.8. The maximum Gasteiger partial charge on any atom is 0.416 e. The number of alkyl halides is 3. The van der Waals surface area contributed by atoms with E-state index in [1.54, 1.807) is 0 Å². The number of aliphatic hydroxyl groups is 1. The number of anilines is 1. The molecule has 0 radical (unpaired) electrons. The number of hydrogen-bond acceptors (Lipinski definition) is 3. The quantitative estimate of drug-likeness (QED) is 0.895. The van der Waals surface area contributed by atoms with Crippen LogP contribution >= 0.6 is 0 Å². The van der Waals surface area contributed by atoms with Crippen LogP contribution in [0.4, 0.5) is 18.9 Å². The van der Waals surface area contributed by atoms with E-state index < -0.39 is 23.8 Å². The molecule has 1 aromatic carbocycles. The molecular formula is C16H17F3N2O3. The van der Waals surface area contributed by atoms with Crippen LogP contribution in [0.5, 0.6) is 0 Å². The van der Waals surface area contributed by atoms with Gasteiger partial charge in [-0.05, 0) is 31.0 Å². The Kier molecular flexibility index (Phi) is 4.25. The zero-order valence-electron chi connectivity index (χ0n) is 12.8. The Hall–Kier alpha value is -2.09. The lowest BCUT2D eigenvalue weighted by Crippen LogP contribution is -2.30. The van der Waals surface area contributed by atoms with Crippen LogP contribution in [-0.2, 0) is 11.0 Å². The molecule has 0 aromatic heterocycles. The van der Waals surface area contributed by atoms with E-state index in [1.807, 2.05) is 0 Å². The Bertz CT molecular complexity index is 675. The van der Waals surface area contributed by atoms with E-state index in [4.69, 9.17) is 0 Å². The van der Waals surface area contributed by atoms with Crippen LogP contribution in [0.2, 0.25) is 0 Å². The van der Waals surface area contributed by atoms with E-state index >= 15 is 0 Å². The number of amides is 2. The second-order valence-corrected chi connectivity index (χ2v) is 6.11. The van der Waals surface area contributed by atoms with Crippen LogP contribution in [0.25, 0.3) is 0 Å². The number of carbonyl (C=O) groups excluding carboxylic acids is 2. The molecular weight excluding hydrogens is 325 g/mol. The van der Waals surface area contributed by atoms with E-state index in [0.29, 0.717) is 25.9 Å². The van der Waals surface area contributed by atoms with Gasteiger partial charge in [0.05, 0.1) is 11.7 Å². The van der Waals surface area contributed by atoms with Crippen LogP contribution in [0.15, 0.2) is 18.2 Å². The number of hydrogen-bond donors (Lipinski definition) is 1. The largest absolute Gasteiger partial charge is 0.416 e. The third kappa shape index (κ3) is 3.24. The average Bonchev–Trinajstić information content (AvgIpc) is 3.13. The highest BCUT2D eigenvalue weighted by Gasteiger charge is 2.34. The second-order valence-electron chi connectivity index (χ2n) is 6.11. The van der Waals surface area contributed by atoms with Crippen molar-refractivity contribution in [2.45, 2.75) is 31.5 Å². The summed E-state index contributed by atoms with van der Waals surface area (Å²) in [6.45, 7) is 0.748. The molecule has 1 atom stereocenters. The lowest BCUT2D eigenvalue weighted by atomic mass is 10.1. The zero-order chi connectivity index (χ0) is 17.5. The molecule has 1 N–H and O–H groups in total. The lowest BCUT2D eigenvalue weighted by Gasteiger charge is -2.21. The third-order valence-corrected chi connectivity index (χ3v) is 4.33. The van der Waals surface area contributed by atoms with Crippen LogP contribution in [0, 0.1) is 0 Å². The highest BCUT2D eigenvalue weighted by Crippen LogP contribution is 2.34. The van der Waals surface area contributed by atoms with E-state index in [-0.39, 0.29) is 30.1 Å². The molecule has 24 heavy (non-hydrogen) atoms. The Morgan fingerprint density at radius 2 is 1.96 bits per heavy atom. The van der Waals surface area contributed by atoms with Gasteiger partial charge in [0.2, 0.25) is 5.91 Å². The number of aliphatic hydroxyl groups excluding tert-OH is 1. The van der Waals surface area contributed by atoms with E-state index in [2.05, 4.69) is 0 Å².